The number of esters is 2. The van der Waals surface area contributed by atoms with Gasteiger partial charge in [0.1, 0.15) is 16.9 Å². The van der Waals surface area contributed by atoms with Crippen molar-refractivity contribution < 1.29 is 33.8 Å². The van der Waals surface area contributed by atoms with E-state index in [-0.39, 0.29) is 30.0 Å². The summed E-state index contributed by atoms with van der Waals surface area (Å²) < 4.78 is 12.2. The molecule has 4 heterocycles. The molecule has 0 bridgehead atoms. The third-order valence-corrected chi connectivity index (χ3v) is 7.60. The third kappa shape index (κ3) is 4.39. The van der Waals surface area contributed by atoms with Gasteiger partial charge in [-0.15, -0.1) is 11.3 Å². The Balaban J connectivity index is 1.68. The highest BCUT2D eigenvalue weighted by Crippen LogP contribution is 2.51. The standard InChI is InChI=1S/C24H30N4O7S/c1-11-16(15-8-27-9-26-14(21(27)36-15)7-25-13(3)30)19(28-18(11)17(12(2)29)20(28)31)22(32)34-10-35-23(33)24(4,5)6/h8-9,11-12,17-18,29H,7,10H2,1-6H3,(H,25,30)/t11-,12+,17+,18+/m0/s1. The Morgan fingerprint density at radius 1 is 1.28 bits per heavy atom. The molecule has 4 atom stereocenters. The number of amides is 2. The summed E-state index contributed by atoms with van der Waals surface area (Å²) in [6.07, 6.45) is 2.56. The molecule has 0 aliphatic carbocycles. The maximum atomic E-state index is 13.2. The maximum absolute atomic E-state index is 13.2. The van der Waals surface area contributed by atoms with Gasteiger partial charge in [0.15, 0.2) is 0 Å². The topological polar surface area (TPSA) is 140 Å². The Morgan fingerprint density at radius 3 is 2.58 bits per heavy atom. The summed E-state index contributed by atoms with van der Waals surface area (Å²) in [5, 5.41) is 12.9. The normalized spacial score (nSPS) is 22.4. The van der Waals surface area contributed by atoms with Crippen LogP contribution in [-0.4, -0.2) is 62.1 Å². The van der Waals surface area contributed by atoms with Crippen LogP contribution in [0.5, 0.6) is 0 Å². The highest BCUT2D eigenvalue weighted by Gasteiger charge is 2.60. The highest BCUT2D eigenvalue weighted by atomic mass is 32.1. The molecule has 2 aliphatic heterocycles. The molecular formula is C24H30N4O7S. The molecule has 1 fully saturated rings. The van der Waals surface area contributed by atoms with Gasteiger partial charge in [-0.05, 0) is 27.7 Å². The number of aliphatic hydroxyl groups is 1. The van der Waals surface area contributed by atoms with E-state index in [0.717, 1.165) is 9.71 Å². The number of hydrogen-bond donors (Lipinski definition) is 2. The van der Waals surface area contributed by atoms with Crippen molar-refractivity contribution in [1.82, 2.24) is 19.6 Å². The van der Waals surface area contributed by atoms with Crippen LogP contribution in [0.4, 0.5) is 0 Å². The van der Waals surface area contributed by atoms with Crippen molar-refractivity contribution in [3.63, 3.8) is 0 Å². The van der Waals surface area contributed by atoms with Crippen molar-refractivity contribution in [2.45, 2.75) is 60.2 Å². The van der Waals surface area contributed by atoms with Gasteiger partial charge in [-0.1, -0.05) is 6.92 Å². The van der Waals surface area contributed by atoms with E-state index in [1.807, 2.05) is 13.1 Å². The lowest BCUT2D eigenvalue weighted by atomic mass is 9.77. The summed E-state index contributed by atoms with van der Waals surface area (Å²) in [6, 6.07) is -0.398. The summed E-state index contributed by atoms with van der Waals surface area (Å²) in [6.45, 7) is 9.62. The minimum absolute atomic E-state index is 0.0853. The van der Waals surface area contributed by atoms with Crippen molar-refractivity contribution in [2.24, 2.45) is 17.3 Å². The van der Waals surface area contributed by atoms with E-state index in [9.17, 15) is 24.3 Å². The molecule has 11 nitrogen and oxygen atoms in total. The van der Waals surface area contributed by atoms with Crippen molar-refractivity contribution in [2.75, 3.05) is 6.79 Å². The molecule has 0 saturated carbocycles. The monoisotopic (exact) mass is 518 g/mol. The summed E-state index contributed by atoms with van der Waals surface area (Å²) in [5.41, 5.74) is 0.612. The fourth-order valence-corrected chi connectivity index (χ4v) is 5.82. The molecule has 0 radical (unpaired) electrons. The molecule has 0 spiro atoms. The summed E-state index contributed by atoms with van der Waals surface area (Å²) in [4.78, 5) is 56.8. The molecule has 2 aliphatic rings. The van der Waals surface area contributed by atoms with E-state index in [0.29, 0.717) is 11.3 Å². The fourth-order valence-electron chi connectivity index (χ4n) is 4.61. The smallest absolute Gasteiger partial charge is 0.358 e. The van der Waals surface area contributed by atoms with Crippen LogP contribution in [0.3, 0.4) is 0 Å². The second kappa shape index (κ2) is 9.32. The minimum Gasteiger partial charge on any atom is -0.427 e. The lowest BCUT2D eigenvalue weighted by Gasteiger charge is -2.46. The van der Waals surface area contributed by atoms with Crippen molar-refractivity contribution >= 4 is 45.5 Å². The molecule has 36 heavy (non-hydrogen) atoms. The van der Waals surface area contributed by atoms with Crippen LogP contribution in [-0.2, 0) is 35.2 Å². The van der Waals surface area contributed by atoms with Crippen molar-refractivity contribution in [1.29, 1.82) is 0 Å². The van der Waals surface area contributed by atoms with Gasteiger partial charge in [-0.2, -0.15) is 0 Å². The average molecular weight is 519 g/mol. The molecule has 0 unspecified atom stereocenters. The number of aliphatic hydroxyl groups excluding tert-OH is 1. The number of β-lactam (4-membered cyclic amide) rings is 1. The molecular weight excluding hydrogens is 488 g/mol. The first kappa shape index (κ1) is 25.8. The second-order valence-electron chi connectivity index (χ2n) is 10.2. The number of nitrogens with zero attached hydrogens (tertiary/aromatic N) is 3. The predicted octanol–water partition coefficient (Wildman–Crippen LogP) is 1.69. The molecule has 2 aromatic heterocycles. The van der Waals surface area contributed by atoms with Gasteiger partial charge in [-0.25, -0.2) is 9.78 Å². The van der Waals surface area contributed by atoms with Crippen LogP contribution in [0, 0.1) is 17.3 Å². The maximum Gasteiger partial charge on any atom is 0.358 e. The molecule has 2 amide bonds. The molecule has 2 N–H and O–H groups in total. The number of carbonyl (C=O) groups excluding carboxylic acids is 4. The van der Waals surface area contributed by atoms with Crippen LogP contribution in [0.15, 0.2) is 18.2 Å². The minimum atomic E-state index is -0.877. The van der Waals surface area contributed by atoms with E-state index in [2.05, 4.69) is 10.3 Å². The first-order valence-electron chi connectivity index (χ1n) is 11.6. The number of thiazole rings is 1. The van der Waals surface area contributed by atoms with Crippen LogP contribution < -0.4 is 5.32 Å². The second-order valence-corrected chi connectivity index (χ2v) is 11.2. The van der Waals surface area contributed by atoms with Gasteiger partial charge in [-0.3, -0.25) is 18.8 Å². The van der Waals surface area contributed by atoms with Gasteiger partial charge in [0.25, 0.3) is 0 Å². The van der Waals surface area contributed by atoms with Gasteiger partial charge in [0.05, 0.1) is 40.6 Å². The Kier molecular flexibility index (Phi) is 6.69. The van der Waals surface area contributed by atoms with Crippen LogP contribution >= 0.6 is 11.3 Å². The van der Waals surface area contributed by atoms with E-state index in [1.54, 1.807) is 38.4 Å². The van der Waals surface area contributed by atoms with Crippen LogP contribution in [0.1, 0.15) is 52.1 Å². The number of ether oxygens (including phenoxy) is 2. The first-order chi connectivity index (χ1) is 16.8. The number of carbonyl (C=O) groups is 4. The Labute approximate surface area is 212 Å². The van der Waals surface area contributed by atoms with E-state index in [4.69, 9.17) is 9.47 Å². The lowest BCUT2D eigenvalue weighted by Crippen LogP contribution is -2.63. The van der Waals surface area contributed by atoms with Crippen LogP contribution in [0.2, 0.25) is 0 Å². The summed E-state index contributed by atoms with van der Waals surface area (Å²) in [5.74, 6) is -2.74. The molecule has 0 aromatic carbocycles. The zero-order valence-corrected chi connectivity index (χ0v) is 21.8. The predicted molar refractivity (Wildman–Crippen MR) is 129 cm³/mol. The molecule has 1 saturated heterocycles. The lowest BCUT2D eigenvalue weighted by molar-refractivity contribution is -0.175. The molecule has 2 aromatic rings. The Bertz CT molecular complexity index is 1270. The van der Waals surface area contributed by atoms with E-state index < -0.39 is 42.2 Å². The molecule has 4 rings (SSSR count). The van der Waals surface area contributed by atoms with Crippen molar-refractivity contribution in [3.05, 3.63) is 28.8 Å². The number of hydrogen-bond acceptors (Lipinski definition) is 9. The highest BCUT2D eigenvalue weighted by molar-refractivity contribution is 7.18. The van der Waals surface area contributed by atoms with Gasteiger partial charge >= 0.3 is 11.9 Å². The number of fused-ring (bicyclic) bond motifs is 2. The molecule has 12 heteroatoms. The zero-order valence-electron chi connectivity index (χ0n) is 21.0. The zero-order chi connectivity index (χ0) is 26.5. The summed E-state index contributed by atoms with van der Waals surface area (Å²) >= 11 is 1.38. The SMILES string of the molecule is CC(=O)NCc1ncn2cc(C3=C(C(=O)OCOC(=O)C(C)(C)C)N4C(=O)[C@H]([C@@H](C)O)[C@H]4[C@H]3C)sc12. The number of rotatable bonds is 7. The quantitative estimate of drug-likeness (QED) is 0.321. The molecule has 194 valence electrons. The first-order valence-corrected chi connectivity index (χ1v) is 12.4. The average Bonchev–Trinajstić information content (AvgIpc) is 3.41. The summed E-state index contributed by atoms with van der Waals surface area (Å²) in [7, 11) is 0. The van der Waals surface area contributed by atoms with Gasteiger partial charge < -0.3 is 24.8 Å². The fraction of sp³-hybridized carbons (Fsp3) is 0.542. The van der Waals surface area contributed by atoms with Crippen molar-refractivity contribution in [3.8, 4) is 0 Å². The Hall–Kier alpha value is -3.25. The van der Waals surface area contributed by atoms with Gasteiger partial charge in [0.2, 0.25) is 18.6 Å². The van der Waals surface area contributed by atoms with E-state index >= 15 is 0 Å². The van der Waals surface area contributed by atoms with E-state index in [1.165, 1.54) is 23.2 Å². The van der Waals surface area contributed by atoms with Crippen LogP contribution in [0.25, 0.3) is 10.4 Å². The number of nitrogens with one attached hydrogen (secondary N) is 1. The number of aromatic nitrogens is 2. The third-order valence-electron chi connectivity index (χ3n) is 6.41. The largest absolute Gasteiger partial charge is 0.427 e. The Morgan fingerprint density at radius 2 is 1.97 bits per heavy atom. The van der Waals surface area contributed by atoms with Gasteiger partial charge in [0, 0.05) is 24.6 Å². The number of imidazole rings is 1.